The van der Waals surface area contributed by atoms with Crippen molar-refractivity contribution in [3.05, 3.63) is 70.3 Å². The lowest BCUT2D eigenvalue weighted by Gasteiger charge is -2.33. The number of carbonyl (C=O) groups excluding carboxylic acids is 3. The molecule has 46 heavy (non-hydrogen) atoms. The lowest BCUT2D eigenvalue weighted by atomic mass is 9.72. The number of nitrogens with zero attached hydrogens (tertiary/aromatic N) is 3. The molecule has 3 heterocycles. The highest BCUT2D eigenvalue weighted by Crippen LogP contribution is 2.44. The summed E-state index contributed by atoms with van der Waals surface area (Å²) in [4.78, 5) is 40.1. The second kappa shape index (κ2) is 14.5. The van der Waals surface area contributed by atoms with Crippen molar-refractivity contribution in [2.24, 2.45) is 11.3 Å². The summed E-state index contributed by atoms with van der Waals surface area (Å²) < 4.78 is 18.0. The van der Waals surface area contributed by atoms with Crippen LogP contribution in [0.4, 0.5) is 5.00 Å². The molecule has 0 saturated heterocycles. The van der Waals surface area contributed by atoms with E-state index >= 15 is 0 Å². The molecule has 2 amide bonds. The summed E-state index contributed by atoms with van der Waals surface area (Å²) in [5, 5.41) is 15.4. The molecule has 13 heteroatoms. The Labute approximate surface area is 276 Å². The smallest absolute Gasteiger partial charge is 0.341 e. The topological polar surface area (TPSA) is 138 Å². The molecule has 5 rings (SSSR count). The van der Waals surface area contributed by atoms with Crippen LogP contribution in [-0.4, -0.2) is 51.5 Å². The average molecular weight is 666 g/mol. The fourth-order valence-electron chi connectivity index (χ4n) is 5.41. The van der Waals surface area contributed by atoms with Crippen molar-refractivity contribution >= 4 is 45.9 Å². The molecule has 244 valence electrons. The van der Waals surface area contributed by atoms with E-state index in [0.717, 1.165) is 35.4 Å². The Hall–Kier alpha value is -4.10. The number of amides is 2. The highest BCUT2D eigenvalue weighted by atomic mass is 32.2. The molecule has 3 aromatic heterocycles. The number of anilines is 1. The van der Waals surface area contributed by atoms with Gasteiger partial charge < -0.3 is 24.5 Å². The fourth-order valence-corrected chi connectivity index (χ4v) is 7.51. The van der Waals surface area contributed by atoms with Crippen LogP contribution >= 0.6 is 23.1 Å². The number of rotatable bonds is 12. The zero-order valence-corrected chi connectivity index (χ0v) is 28.3. The van der Waals surface area contributed by atoms with Crippen molar-refractivity contribution in [2.45, 2.75) is 65.6 Å². The number of hydrogen-bond donors (Lipinski definition) is 2. The molecule has 1 atom stereocenters. The normalized spacial score (nSPS) is 14.4. The van der Waals surface area contributed by atoms with E-state index in [4.69, 9.17) is 13.9 Å². The number of thiophene rings is 1. The Balaban J connectivity index is 1.35. The number of hydrogen-bond acceptors (Lipinski definition) is 10. The van der Waals surface area contributed by atoms with Gasteiger partial charge >= 0.3 is 5.97 Å². The molecule has 1 aliphatic rings. The van der Waals surface area contributed by atoms with Gasteiger partial charge in [0.05, 0.1) is 37.3 Å². The van der Waals surface area contributed by atoms with Crippen molar-refractivity contribution in [1.29, 1.82) is 0 Å². The summed E-state index contributed by atoms with van der Waals surface area (Å²) in [6, 6.07) is 10.6. The van der Waals surface area contributed by atoms with Crippen molar-refractivity contribution in [3.63, 3.8) is 0 Å². The van der Waals surface area contributed by atoms with Gasteiger partial charge in [-0.05, 0) is 86.4 Å². The van der Waals surface area contributed by atoms with E-state index < -0.39 is 5.97 Å². The van der Waals surface area contributed by atoms with E-state index in [2.05, 4.69) is 41.6 Å². The van der Waals surface area contributed by atoms with Crippen LogP contribution < -0.4 is 15.4 Å². The third-order valence-corrected chi connectivity index (χ3v) is 9.91. The van der Waals surface area contributed by atoms with Gasteiger partial charge in [-0.3, -0.25) is 14.2 Å². The molecule has 0 radical (unpaired) electrons. The SMILES string of the molecule is CCOC(=O)c1c(NC(=O)CSc2nnc(CNC(=O)c3ccco3)n2-c2ccc(OCC)cc2)sc2c1CCC(C(C)(C)C)C2. The number of carbonyl (C=O) groups is 3. The molecule has 0 saturated carbocycles. The summed E-state index contributed by atoms with van der Waals surface area (Å²) in [6.07, 6.45) is 4.05. The molecule has 11 nitrogen and oxygen atoms in total. The number of fused-ring (bicyclic) bond motifs is 1. The largest absolute Gasteiger partial charge is 0.494 e. The Bertz CT molecular complexity index is 1670. The third-order valence-electron chi connectivity index (χ3n) is 7.81. The summed E-state index contributed by atoms with van der Waals surface area (Å²) in [7, 11) is 0. The van der Waals surface area contributed by atoms with Crippen LogP contribution in [0, 0.1) is 11.3 Å². The van der Waals surface area contributed by atoms with Crippen LogP contribution in [0.1, 0.15) is 78.2 Å². The van der Waals surface area contributed by atoms with Gasteiger partial charge in [-0.25, -0.2) is 4.79 Å². The van der Waals surface area contributed by atoms with Crippen molar-refractivity contribution in [1.82, 2.24) is 20.1 Å². The third kappa shape index (κ3) is 7.64. The maximum atomic E-state index is 13.4. The van der Waals surface area contributed by atoms with Gasteiger partial charge in [-0.2, -0.15) is 0 Å². The number of esters is 1. The van der Waals surface area contributed by atoms with Crippen molar-refractivity contribution in [2.75, 3.05) is 24.3 Å². The summed E-state index contributed by atoms with van der Waals surface area (Å²) >= 11 is 2.67. The van der Waals surface area contributed by atoms with E-state index in [0.29, 0.717) is 39.8 Å². The van der Waals surface area contributed by atoms with E-state index in [9.17, 15) is 14.4 Å². The molecule has 1 aliphatic carbocycles. The Kier molecular flexibility index (Phi) is 10.5. The van der Waals surface area contributed by atoms with E-state index in [1.807, 2.05) is 31.2 Å². The Morgan fingerprint density at radius 3 is 2.57 bits per heavy atom. The number of thioether (sulfide) groups is 1. The van der Waals surface area contributed by atoms with Crippen LogP contribution in [0.25, 0.3) is 5.69 Å². The first-order valence-electron chi connectivity index (χ1n) is 15.3. The molecule has 0 bridgehead atoms. The number of ether oxygens (including phenoxy) is 2. The van der Waals surface area contributed by atoms with Gasteiger partial charge in [-0.15, -0.1) is 21.5 Å². The Morgan fingerprint density at radius 2 is 1.89 bits per heavy atom. The fraction of sp³-hybridized carbons (Fsp3) is 0.424. The van der Waals surface area contributed by atoms with Crippen LogP contribution in [0.15, 0.2) is 52.2 Å². The molecule has 0 spiro atoms. The molecule has 1 unspecified atom stereocenters. The predicted octanol–water partition coefficient (Wildman–Crippen LogP) is 6.31. The van der Waals surface area contributed by atoms with E-state index in [1.165, 1.54) is 29.4 Å². The van der Waals surface area contributed by atoms with Gasteiger partial charge in [0.25, 0.3) is 5.91 Å². The zero-order valence-electron chi connectivity index (χ0n) is 26.7. The highest BCUT2D eigenvalue weighted by molar-refractivity contribution is 7.99. The van der Waals surface area contributed by atoms with Crippen molar-refractivity contribution < 1.29 is 28.3 Å². The minimum atomic E-state index is -0.409. The first-order chi connectivity index (χ1) is 22.1. The second-order valence-corrected chi connectivity index (χ2v) is 13.9. The zero-order chi connectivity index (χ0) is 32.8. The first-order valence-corrected chi connectivity index (χ1v) is 17.1. The van der Waals surface area contributed by atoms with E-state index in [1.54, 1.807) is 23.6 Å². The van der Waals surface area contributed by atoms with Gasteiger partial charge in [0.2, 0.25) is 5.91 Å². The van der Waals surface area contributed by atoms with E-state index in [-0.39, 0.29) is 41.9 Å². The highest BCUT2D eigenvalue weighted by Gasteiger charge is 2.34. The molecule has 2 N–H and O–H groups in total. The minimum absolute atomic E-state index is 0.0172. The monoisotopic (exact) mass is 665 g/mol. The lowest BCUT2D eigenvalue weighted by Crippen LogP contribution is -2.26. The minimum Gasteiger partial charge on any atom is -0.494 e. The lowest BCUT2D eigenvalue weighted by molar-refractivity contribution is -0.113. The van der Waals surface area contributed by atoms with Gasteiger partial charge in [0, 0.05) is 10.6 Å². The maximum Gasteiger partial charge on any atom is 0.341 e. The molecule has 0 aliphatic heterocycles. The quantitative estimate of drug-likeness (QED) is 0.132. The van der Waals surface area contributed by atoms with Crippen molar-refractivity contribution in [3.8, 4) is 11.4 Å². The molecule has 0 fully saturated rings. The predicted molar refractivity (Wildman–Crippen MR) is 177 cm³/mol. The van der Waals surface area contributed by atoms with Gasteiger partial charge in [0.15, 0.2) is 16.7 Å². The number of aromatic nitrogens is 3. The standard InChI is InChI=1S/C33H39N5O6S2/c1-6-42-22-13-11-21(12-14-22)38-26(18-34-29(40)24-9-8-16-44-24)36-37-32(38)45-19-27(39)35-30-28(31(41)43-7-2)23-15-10-20(33(3,4)5)17-25(23)46-30/h8-9,11-14,16,20H,6-7,10,15,17-19H2,1-5H3,(H,34,40)(H,35,39). The summed E-state index contributed by atoms with van der Waals surface area (Å²) in [5.41, 5.74) is 2.34. The van der Waals surface area contributed by atoms with Crippen LogP contribution in [-0.2, 0) is 28.9 Å². The molecular formula is C33H39N5O6S2. The van der Waals surface area contributed by atoms with Crippen LogP contribution in [0.3, 0.4) is 0 Å². The average Bonchev–Trinajstić information content (AvgIpc) is 3.78. The van der Waals surface area contributed by atoms with Crippen LogP contribution in [0.5, 0.6) is 5.75 Å². The van der Waals surface area contributed by atoms with Crippen LogP contribution in [0.2, 0.25) is 0 Å². The summed E-state index contributed by atoms with van der Waals surface area (Å²) in [5.74, 6) is 0.795. The first kappa shape index (κ1) is 33.3. The number of nitrogens with one attached hydrogen (secondary N) is 2. The van der Waals surface area contributed by atoms with Gasteiger partial charge in [0.1, 0.15) is 10.8 Å². The molecule has 4 aromatic rings. The second-order valence-electron chi connectivity index (χ2n) is 11.9. The number of furan rings is 1. The van der Waals surface area contributed by atoms with Gasteiger partial charge in [-0.1, -0.05) is 32.5 Å². The molecule has 1 aromatic carbocycles. The number of benzene rings is 1. The maximum absolute atomic E-state index is 13.4. The Morgan fingerprint density at radius 1 is 1.11 bits per heavy atom. The molecular weight excluding hydrogens is 627 g/mol. The summed E-state index contributed by atoms with van der Waals surface area (Å²) in [6.45, 7) is 11.3.